The molecule has 1 aromatic rings. The number of halogens is 1. The first-order valence-electron chi connectivity index (χ1n) is 17.7. The topological polar surface area (TPSA) is 60.4 Å². The summed E-state index contributed by atoms with van der Waals surface area (Å²) in [6, 6.07) is 7.83. The smallest absolute Gasteiger partial charge is 0.302 e. The maximum atomic E-state index is 14.5. The average molecular weight is 635 g/mol. The van der Waals surface area contributed by atoms with Crippen LogP contribution < -0.4 is 0 Å². The number of rotatable bonds is 6. The largest absolute Gasteiger partial charge is 0.462 e. The number of ketones is 2. The lowest BCUT2D eigenvalue weighted by molar-refractivity contribution is -0.232. The van der Waals surface area contributed by atoms with E-state index < -0.39 is 5.41 Å². The van der Waals surface area contributed by atoms with Crippen LogP contribution in [0.2, 0.25) is 5.02 Å². The molecule has 0 unspecified atom stereocenters. The molecular formula is C40H55ClO4. The van der Waals surface area contributed by atoms with E-state index in [1.807, 2.05) is 24.3 Å². The Labute approximate surface area is 276 Å². The Morgan fingerprint density at radius 2 is 1.67 bits per heavy atom. The van der Waals surface area contributed by atoms with Gasteiger partial charge in [0.2, 0.25) is 0 Å². The van der Waals surface area contributed by atoms with Crippen LogP contribution in [0.3, 0.4) is 0 Å². The summed E-state index contributed by atoms with van der Waals surface area (Å²) in [6.45, 7) is 18.2. The molecule has 8 atom stereocenters. The van der Waals surface area contributed by atoms with Gasteiger partial charge in [0.15, 0.2) is 5.78 Å². The number of ether oxygens (including phenoxy) is 1. The van der Waals surface area contributed by atoms with E-state index in [4.69, 9.17) is 16.3 Å². The minimum Gasteiger partial charge on any atom is -0.462 e. The molecule has 4 fully saturated rings. The number of allylic oxidation sites excluding steroid dienone is 2. The van der Waals surface area contributed by atoms with Gasteiger partial charge in [-0.3, -0.25) is 14.4 Å². The molecular weight excluding hydrogens is 580 g/mol. The molecule has 6 rings (SSSR count). The Hall–Kier alpha value is -1.94. The third-order valence-corrected chi connectivity index (χ3v) is 15.0. The lowest BCUT2D eigenvalue weighted by atomic mass is 9.33. The first kappa shape index (κ1) is 33.0. The van der Waals surface area contributed by atoms with Gasteiger partial charge in [-0.25, -0.2) is 0 Å². The number of aryl methyl sites for hydroxylation is 1. The first-order valence-corrected chi connectivity index (χ1v) is 18.1. The van der Waals surface area contributed by atoms with Crippen LogP contribution in [0, 0.1) is 50.7 Å². The van der Waals surface area contributed by atoms with Crippen LogP contribution in [-0.2, 0) is 25.5 Å². The van der Waals surface area contributed by atoms with Gasteiger partial charge in [-0.2, -0.15) is 0 Å². The van der Waals surface area contributed by atoms with Crippen LogP contribution in [0.25, 0.3) is 0 Å². The molecule has 0 aliphatic heterocycles. The highest BCUT2D eigenvalue weighted by Gasteiger charge is 2.70. The number of hydrogen-bond donors (Lipinski definition) is 0. The minimum atomic E-state index is -0.645. The molecule has 0 heterocycles. The number of hydrogen-bond acceptors (Lipinski definition) is 4. The van der Waals surface area contributed by atoms with Crippen LogP contribution in [0.15, 0.2) is 35.4 Å². The van der Waals surface area contributed by atoms with Crippen molar-refractivity contribution in [2.45, 2.75) is 132 Å². The van der Waals surface area contributed by atoms with Gasteiger partial charge in [-0.05, 0) is 127 Å². The Balaban J connectivity index is 1.35. The number of Topliss-reactive ketones (excluding diaryl/α,β-unsaturated/α-hetero) is 2. The molecule has 5 aliphatic rings. The number of carbonyl (C=O) groups excluding carboxylic acids is 3. The molecule has 0 amide bonds. The molecule has 0 aromatic heterocycles. The van der Waals surface area contributed by atoms with Crippen molar-refractivity contribution < 1.29 is 19.1 Å². The number of benzene rings is 1. The second-order valence-electron chi connectivity index (χ2n) is 17.3. The van der Waals surface area contributed by atoms with E-state index in [-0.39, 0.29) is 57.1 Å². The summed E-state index contributed by atoms with van der Waals surface area (Å²) in [4.78, 5) is 40.4. The lowest BCUT2D eigenvalue weighted by Crippen LogP contribution is -2.66. The van der Waals surface area contributed by atoms with E-state index in [1.165, 1.54) is 5.57 Å². The predicted molar refractivity (Wildman–Crippen MR) is 180 cm³/mol. The van der Waals surface area contributed by atoms with Gasteiger partial charge in [0.25, 0.3) is 0 Å². The average Bonchev–Trinajstić information content (AvgIpc) is 3.27. The summed E-state index contributed by atoms with van der Waals surface area (Å²) in [7, 11) is 0. The van der Waals surface area contributed by atoms with E-state index in [1.54, 1.807) is 6.92 Å². The molecule has 0 bridgehead atoms. The predicted octanol–water partition coefficient (Wildman–Crippen LogP) is 9.75. The lowest BCUT2D eigenvalue weighted by Gasteiger charge is -2.72. The minimum absolute atomic E-state index is 0.0254. The summed E-state index contributed by atoms with van der Waals surface area (Å²) in [6.07, 6.45) is 9.70. The zero-order chi connectivity index (χ0) is 32.7. The summed E-state index contributed by atoms with van der Waals surface area (Å²) < 4.78 is 5.93. The Kier molecular flexibility index (Phi) is 8.11. The Bertz CT molecular complexity index is 1440. The summed E-state index contributed by atoms with van der Waals surface area (Å²) in [5.41, 5.74) is 2.90. The molecule has 4 nitrogen and oxygen atoms in total. The third-order valence-electron chi connectivity index (χ3n) is 14.7. The van der Waals surface area contributed by atoms with Crippen molar-refractivity contribution in [3.63, 3.8) is 0 Å². The van der Waals surface area contributed by atoms with Gasteiger partial charge in [-0.1, -0.05) is 72.2 Å². The van der Waals surface area contributed by atoms with Gasteiger partial charge in [0, 0.05) is 30.2 Å². The second-order valence-corrected chi connectivity index (χ2v) is 17.7. The van der Waals surface area contributed by atoms with Crippen LogP contribution >= 0.6 is 11.6 Å². The molecule has 5 heteroatoms. The van der Waals surface area contributed by atoms with Crippen molar-refractivity contribution in [3.8, 4) is 0 Å². The molecule has 0 saturated heterocycles. The Morgan fingerprint density at radius 3 is 2.33 bits per heavy atom. The maximum Gasteiger partial charge on any atom is 0.302 e. The molecule has 5 aliphatic carbocycles. The van der Waals surface area contributed by atoms with E-state index in [2.05, 4.69) is 48.5 Å². The van der Waals surface area contributed by atoms with Gasteiger partial charge in [0.1, 0.15) is 11.9 Å². The molecule has 246 valence electrons. The molecule has 0 N–H and O–H groups in total. The fraction of sp³-hybridized carbons (Fsp3) is 0.725. The van der Waals surface area contributed by atoms with Crippen LogP contribution in [0.4, 0.5) is 0 Å². The van der Waals surface area contributed by atoms with Gasteiger partial charge in [-0.15, -0.1) is 0 Å². The molecule has 45 heavy (non-hydrogen) atoms. The van der Waals surface area contributed by atoms with E-state index in [0.717, 1.165) is 62.5 Å². The zero-order valence-corrected chi connectivity index (χ0v) is 29.7. The van der Waals surface area contributed by atoms with Crippen molar-refractivity contribution in [2.24, 2.45) is 50.7 Å². The van der Waals surface area contributed by atoms with Crippen LogP contribution in [-0.4, -0.2) is 23.6 Å². The van der Waals surface area contributed by atoms with Crippen molar-refractivity contribution >= 4 is 29.1 Å². The SMILES string of the molecule is CC(=O)O[C@H]1CC[C@]2(C)[C@H]3CC[C@@H]4C5=C(C(C)C)C(=O)C[C@]5(C(=O)CCc5cccc(Cl)c5)CC[C@@]4(C)[C@]3(C)CC[C@H]2C1(C)C. The fourth-order valence-corrected chi connectivity index (χ4v) is 12.8. The highest BCUT2D eigenvalue weighted by Crippen LogP contribution is 2.76. The highest BCUT2D eigenvalue weighted by atomic mass is 35.5. The molecule has 0 spiro atoms. The summed E-state index contributed by atoms with van der Waals surface area (Å²) in [5, 5.41) is 0.696. The van der Waals surface area contributed by atoms with E-state index in [0.29, 0.717) is 36.1 Å². The first-order chi connectivity index (χ1) is 21.0. The normalized spacial score (nSPS) is 40.4. The van der Waals surface area contributed by atoms with Crippen molar-refractivity contribution in [1.82, 2.24) is 0 Å². The van der Waals surface area contributed by atoms with Gasteiger partial charge < -0.3 is 4.74 Å². The molecule has 0 radical (unpaired) electrons. The van der Waals surface area contributed by atoms with Crippen molar-refractivity contribution in [3.05, 3.63) is 46.0 Å². The zero-order valence-electron chi connectivity index (χ0n) is 29.0. The quantitative estimate of drug-likeness (QED) is 0.292. The fourth-order valence-electron chi connectivity index (χ4n) is 12.5. The second kappa shape index (κ2) is 11.1. The van der Waals surface area contributed by atoms with Crippen LogP contribution in [0.1, 0.15) is 125 Å². The monoisotopic (exact) mass is 634 g/mol. The standard InChI is InChI=1S/C40H55ClO4/c1-24(2)34-29(43)23-40(32(44)15-12-26-10-9-11-27(41)22-26)21-20-38(7)28(35(34)40)13-14-31-37(6)18-17-33(45-25(3)42)36(4,5)30(37)16-19-39(31,38)8/h9-11,22,24,28,30-31,33H,12-21,23H2,1-8H3/t28-,30+,31-,33+,37+,38-,39-,40+/m1/s1. The number of esters is 1. The number of fused-ring (bicyclic) bond motifs is 7. The van der Waals surface area contributed by atoms with E-state index in [9.17, 15) is 14.4 Å². The van der Waals surface area contributed by atoms with Crippen molar-refractivity contribution in [1.29, 1.82) is 0 Å². The highest BCUT2D eigenvalue weighted by molar-refractivity contribution is 6.30. The summed E-state index contributed by atoms with van der Waals surface area (Å²) in [5.74, 6) is 1.75. The third kappa shape index (κ3) is 4.76. The van der Waals surface area contributed by atoms with Gasteiger partial charge in [0.05, 0.1) is 5.41 Å². The molecule has 4 saturated carbocycles. The van der Waals surface area contributed by atoms with Crippen molar-refractivity contribution in [2.75, 3.05) is 0 Å². The number of carbonyl (C=O) groups is 3. The van der Waals surface area contributed by atoms with Gasteiger partial charge >= 0.3 is 5.97 Å². The maximum absolute atomic E-state index is 14.5. The van der Waals surface area contributed by atoms with E-state index >= 15 is 0 Å². The summed E-state index contributed by atoms with van der Waals surface area (Å²) >= 11 is 6.27. The van der Waals surface area contributed by atoms with Crippen LogP contribution in [0.5, 0.6) is 0 Å². The Morgan fingerprint density at radius 1 is 0.933 bits per heavy atom. The molecule has 1 aromatic carbocycles.